The van der Waals surface area contributed by atoms with Crippen molar-refractivity contribution in [1.82, 2.24) is 16.0 Å². The number of likely N-dealkylation sites (N-methyl/N-ethyl adjacent to an activating group) is 1. The molecule has 0 bridgehead atoms. The normalized spacial score (nSPS) is 40.4. The fourth-order valence-electron chi connectivity index (χ4n) is 6.42. The highest BCUT2D eigenvalue weighted by molar-refractivity contribution is 5.80. The Bertz CT molecular complexity index is 866. The number of aliphatic hydroxyl groups is 4. The van der Waals surface area contributed by atoms with Gasteiger partial charge in [0.1, 0.15) is 24.1 Å². The average Bonchev–Trinajstić information content (AvgIpc) is 2.91. The monoisotopic (exact) mass is 587 g/mol. The van der Waals surface area contributed by atoms with E-state index >= 15 is 0 Å². The van der Waals surface area contributed by atoms with Crippen LogP contribution in [0, 0.1) is 5.92 Å². The van der Waals surface area contributed by atoms with Gasteiger partial charge in [0.15, 0.2) is 0 Å². The van der Waals surface area contributed by atoms with Crippen LogP contribution in [0.1, 0.15) is 45.4 Å². The molecule has 3 aliphatic rings. The molecule has 0 spiro atoms. The van der Waals surface area contributed by atoms with Crippen molar-refractivity contribution in [1.29, 1.82) is 0 Å². The Labute approximate surface area is 242 Å². The van der Waals surface area contributed by atoms with Gasteiger partial charge in [-0.2, -0.15) is 0 Å². The van der Waals surface area contributed by atoms with Crippen molar-refractivity contribution in [3.05, 3.63) is 11.8 Å². The zero-order valence-corrected chi connectivity index (χ0v) is 24.3. The lowest BCUT2D eigenvalue weighted by Crippen LogP contribution is -2.68. The van der Waals surface area contributed by atoms with Crippen LogP contribution in [-0.2, 0) is 14.3 Å². The van der Waals surface area contributed by atoms with Crippen LogP contribution < -0.4 is 38.9 Å². The third-order valence-electron chi connectivity index (χ3n) is 8.75. The van der Waals surface area contributed by atoms with Gasteiger partial charge in [-0.05, 0) is 78.2 Å². The highest BCUT2D eigenvalue weighted by atomic mass is 16.5. The quantitative estimate of drug-likeness (QED) is 0.0922. The molecule has 3 rings (SSSR count). The van der Waals surface area contributed by atoms with E-state index in [4.69, 9.17) is 32.4 Å². The number of hydrogen-bond donors (Lipinski definition) is 11. The average molecular weight is 588 g/mol. The van der Waals surface area contributed by atoms with E-state index in [0.29, 0.717) is 38.1 Å². The lowest BCUT2D eigenvalue weighted by Gasteiger charge is -2.51. The number of ether oxygens (including phenoxy) is 2. The van der Waals surface area contributed by atoms with E-state index in [0.717, 1.165) is 13.0 Å². The molecule has 0 aromatic rings. The lowest BCUT2D eigenvalue weighted by molar-refractivity contribution is -0.200. The summed E-state index contributed by atoms with van der Waals surface area (Å²) in [4.78, 5) is 12.8. The third kappa shape index (κ3) is 8.36. The molecule has 1 heterocycles. The van der Waals surface area contributed by atoms with E-state index in [1.807, 2.05) is 6.08 Å². The molecule has 14 nitrogen and oxygen atoms in total. The van der Waals surface area contributed by atoms with Gasteiger partial charge in [0.25, 0.3) is 0 Å². The Balaban J connectivity index is 1.83. The molecular weight excluding hydrogens is 534 g/mol. The molecule has 0 saturated heterocycles. The minimum Gasteiger partial charge on any atom is -0.492 e. The number of carbonyl (C=O) groups is 1. The van der Waals surface area contributed by atoms with Crippen LogP contribution in [0.2, 0.25) is 0 Å². The van der Waals surface area contributed by atoms with Crippen molar-refractivity contribution in [2.24, 2.45) is 28.9 Å². The Hall–Kier alpha value is -1.43. The van der Waals surface area contributed by atoms with Crippen LogP contribution >= 0.6 is 0 Å². The lowest BCUT2D eigenvalue weighted by atomic mass is 9.72. The van der Waals surface area contributed by atoms with Crippen LogP contribution in [0.4, 0.5) is 0 Å². The molecular formula is C27H53N7O7. The third-order valence-corrected chi connectivity index (χ3v) is 8.75. The summed E-state index contributed by atoms with van der Waals surface area (Å²) in [6.45, 7) is 3.57. The molecule has 0 aromatic carbocycles. The van der Waals surface area contributed by atoms with Crippen molar-refractivity contribution in [2.45, 2.75) is 112 Å². The van der Waals surface area contributed by atoms with Gasteiger partial charge in [0.05, 0.1) is 42.5 Å². The van der Waals surface area contributed by atoms with Gasteiger partial charge in [-0.1, -0.05) is 0 Å². The van der Waals surface area contributed by atoms with Gasteiger partial charge in [-0.25, -0.2) is 0 Å². The maximum Gasteiger partial charge on any atom is 0.249 e. The highest BCUT2D eigenvalue weighted by Gasteiger charge is 2.53. The molecule has 238 valence electrons. The van der Waals surface area contributed by atoms with Gasteiger partial charge >= 0.3 is 0 Å². The Morgan fingerprint density at radius 1 is 1.22 bits per heavy atom. The summed E-state index contributed by atoms with van der Waals surface area (Å²) in [5.41, 5.74) is 23.0. The number of nitrogens with two attached hydrogens (primary N) is 4. The van der Waals surface area contributed by atoms with E-state index in [9.17, 15) is 25.2 Å². The first-order valence-electron chi connectivity index (χ1n) is 14.8. The first-order valence-corrected chi connectivity index (χ1v) is 14.8. The Morgan fingerprint density at radius 2 is 1.95 bits per heavy atom. The smallest absolute Gasteiger partial charge is 0.249 e. The fourth-order valence-corrected chi connectivity index (χ4v) is 6.42. The van der Waals surface area contributed by atoms with Crippen molar-refractivity contribution in [3.8, 4) is 0 Å². The van der Waals surface area contributed by atoms with Crippen molar-refractivity contribution in [3.63, 3.8) is 0 Å². The maximum atomic E-state index is 12.8. The predicted molar refractivity (Wildman–Crippen MR) is 153 cm³/mol. The molecule has 1 aliphatic heterocycles. The molecule has 2 aliphatic carbocycles. The van der Waals surface area contributed by atoms with Crippen molar-refractivity contribution in [2.75, 3.05) is 33.2 Å². The number of hydrogen-bond acceptors (Lipinski definition) is 13. The van der Waals surface area contributed by atoms with Gasteiger partial charge in [0, 0.05) is 18.0 Å². The molecule has 2 saturated carbocycles. The maximum absolute atomic E-state index is 12.8. The zero-order valence-electron chi connectivity index (χ0n) is 24.3. The Morgan fingerprint density at radius 3 is 2.61 bits per heavy atom. The molecule has 0 radical (unpaired) electrons. The molecule has 14 heteroatoms. The molecule has 15 N–H and O–H groups in total. The summed E-state index contributed by atoms with van der Waals surface area (Å²) in [6.07, 6.45) is -1.78. The van der Waals surface area contributed by atoms with E-state index in [1.54, 1.807) is 14.0 Å². The topological polar surface area (TPSA) is 257 Å². The molecule has 1 amide bonds. The minimum atomic E-state index is -1.33. The number of amides is 1. The second-order valence-electron chi connectivity index (χ2n) is 11.9. The van der Waals surface area contributed by atoms with Crippen LogP contribution in [0.5, 0.6) is 0 Å². The zero-order chi connectivity index (χ0) is 30.3. The standard InChI is InChI=1S/C27H53N7O7/c1-27(39)8-6-19(21(36)25(27)32-2)41-24-17(34-26(38)18(35)7-10-29)12-16(31)20(22(24)37)23-15(30)5-4-14(40-23)13-33-11-3-9-28/h4,15-25,32-33,35-37,39H,3,5-13,28-31H2,1-2H3,(H,34,38)/t15-,16+,17-,18+,19+,20-,21+,22+,23?,24+,25-,27+/m1/s1. The van der Waals surface area contributed by atoms with Gasteiger partial charge in [-0.3, -0.25) is 4.79 Å². The van der Waals surface area contributed by atoms with Gasteiger partial charge < -0.3 is 68.8 Å². The Kier molecular flexibility index (Phi) is 12.7. The van der Waals surface area contributed by atoms with Crippen LogP contribution in [0.25, 0.3) is 0 Å². The number of carbonyl (C=O) groups excluding carboxylic acids is 1. The number of nitrogens with one attached hydrogen (secondary N) is 3. The minimum absolute atomic E-state index is 0.0702. The highest BCUT2D eigenvalue weighted by Crippen LogP contribution is 2.37. The largest absolute Gasteiger partial charge is 0.492 e. The fraction of sp³-hybridized carbons (Fsp3) is 0.889. The molecule has 0 aromatic heterocycles. The summed E-state index contributed by atoms with van der Waals surface area (Å²) in [5.74, 6) is -0.590. The molecule has 12 atom stereocenters. The van der Waals surface area contributed by atoms with E-state index < -0.39 is 78.2 Å². The van der Waals surface area contributed by atoms with Crippen LogP contribution in [0.3, 0.4) is 0 Å². The first kappa shape index (κ1) is 34.1. The second-order valence-corrected chi connectivity index (χ2v) is 11.9. The molecule has 41 heavy (non-hydrogen) atoms. The summed E-state index contributed by atoms with van der Waals surface area (Å²) in [5, 5.41) is 52.9. The molecule has 1 unspecified atom stereocenters. The van der Waals surface area contributed by atoms with E-state index in [2.05, 4.69) is 16.0 Å². The molecule has 2 fully saturated rings. The summed E-state index contributed by atoms with van der Waals surface area (Å²) >= 11 is 0. The summed E-state index contributed by atoms with van der Waals surface area (Å²) in [6, 6.07) is -2.50. The van der Waals surface area contributed by atoms with Gasteiger partial charge in [0.2, 0.25) is 5.91 Å². The van der Waals surface area contributed by atoms with E-state index in [1.165, 1.54) is 0 Å². The summed E-state index contributed by atoms with van der Waals surface area (Å²) in [7, 11) is 1.65. The van der Waals surface area contributed by atoms with Crippen molar-refractivity contribution >= 4 is 5.91 Å². The van der Waals surface area contributed by atoms with E-state index in [-0.39, 0.29) is 19.4 Å². The SMILES string of the molecule is CN[C@@H]1[C@@H](O)[C@@H](O[C@@H]2[C@@H](O)[C@H](C3OC(CNCCCN)=CC[C@H]3N)[C@@H](N)C[C@H]2NC(=O)[C@@H](O)CCN)CC[C@]1(C)O. The van der Waals surface area contributed by atoms with Gasteiger partial charge in [-0.15, -0.1) is 0 Å². The predicted octanol–water partition coefficient (Wildman–Crippen LogP) is -3.93. The van der Waals surface area contributed by atoms with Crippen LogP contribution in [0.15, 0.2) is 11.8 Å². The number of aliphatic hydroxyl groups excluding tert-OH is 3. The summed E-state index contributed by atoms with van der Waals surface area (Å²) < 4.78 is 12.7. The second kappa shape index (κ2) is 15.3. The van der Waals surface area contributed by atoms with Crippen molar-refractivity contribution < 1.29 is 34.7 Å². The first-order chi connectivity index (χ1) is 19.4. The number of rotatable bonds is 13. The van der Waals surface area contributed by atoms with Crippen LogP contribution in [-0.4, -0.2) is 126 Å².